The van der Waals surface area contributed by atoms with Crippen LogP contribution in [0.3, 0.4) is 0 Å². The smallest absolute Gasteiger partial charge is 0.491 e. The number of nitrogens with zero attached hydrogens (tertiary/aromatic N) is 5. The molecule has 2 amide bonds. The monoisotopic (exact) mass is 882 g/mol. The topological polar surface area (TPSA) is 163 Å². The van der Waals surface area contributed by atoms with Crippen LogP contribution in [0, 0.1) is 0 Å². The number of hydrogen-bond acceptors (Lipinski definition) is 10. The zero-order chi connectivity index (χ0) is 43.5. The molecule has 5 aromatic rings. The molecule has 0 atom stereocenters. The minimum Gasteiger partial charge on any atom is -0.491 e. The lowest BCUT2D eigenvalue weighted by atomic mass is 10.0. The van der Waals surface area contributed by atoms with E-state index in [1.54, 1.807) is 16.2 Å². The van der Waals surface area contributed by atoms with Crippen LogP contribution in [0.5, 0.6) is 5.75 Å². The summed E-state index contributed by atoms with van der Waals surface area (Å²) in [5.41, 5.74) is 7.50. The number of amides is 2. The van der Waals surface area contributed by atoms with Crippen molar-refractivity contribution in [3.63, 3.8) is 0 Å². The number of alkyl halides is 6. The highest BCUT2D eigenvalue weighted by atomic mass is 32.2. The molecule has 3 heterocycles. The number of ether oxygens (including phenoxy) is 1. The molecule has 60 heavy (non-hydrogen) atoms. The molecular formula is C39H42F6N7O6S2+. The van der Waals surface area contributed by atoms with Crippen LogP contribution in [0.25, 0.3) is 27.4 Å². The Balaban J connectivity index is 0.000000419. The molecule has 3 aromatic carbocycles. The Morgan fingerprint density at radius 1 is 0.967 bits per heavy atom. The van der Waals surface area contributed by atoms with Crippen molar-refractivity contribution in [2.45, 2.75) is 57.3 Å². The number of unbranched alkanes of at least 4 members (excludes halogenated alkanes) is 1. The van der Waals surface area contributed by atoms with Crippen LogP contribution in [-0.4, -0.2) is 84.7 Å². The van der Waals surface area contributed by atoms with E-state index in [1.165, 1.54) is 22.4 Å². The van der Waals surface area contributed by atoms with Crippen molar-refractivity contribution < 1.29 is 58.0 Å². The summed E-state index contributed by atoms with van der Waals surface area (Å²) in [4.78, 5) is 28.6. The van der Waals surface area contributed by atoms with Crippen molar-refractivity contribution in [1.29, 1.82) is 0 Å². The Labute approximate surface area is 345 Å². The molecular weight excluding hydrogens is 841 g/mol. The molecule has 0 saturated carbocycles. The first kappa shape index (κ1) is 45.5. The quantitative estimate of drug-likeness (QED) is 0.0377. The maximum absolute atomic E-state index is 12.1. The number of carbonyl (C=O) groups excluding carboxylic acids is 2. The summed E-state index contributed by atoms with van der Waals surface area (Å²) in [7, 11) is -6.55. The highest BCUT2D eigenvalue weighted by Crippen LogP contribution is 2.35. The summed E-state index contributed by atoms with van der Waals surface area (Å²) in [5, 5.41) is 10.7. The zero-order valence-electron chi connectivity index (χ0n) is 32.2. The first-order valence-corrected chi connectivity index (χ1v) is 21.0. The molecule has 0 bridgehead atoms. The predicted octanol–water partition coefficient (Wildman–Crippen LogP) is 6.38. The van der Waals surface area contributed by atoms with Crippen molar-refractivity contribution >= 4 is 33.5 Å². The third-order valence-corrected chi connectivity index (χ3v) is 10.9. The number of aryl methyl sites for hydroxylation is 4. The van der Waals surface area contributed by atoms with E-state index in [0.717, 1.165) is 66.4 Å². The second-order valence-electron chi connectivity index (χ2n) is 13.2. The number of carbonyl (C=O) groups is 2. The Morgan fingerprint density at radius 2 is 1.68 bits per heavy atom. The number of rotatable bonds is 16. The van der Waals surface area contributed by atoms with E-state index >= 15 is 0 Å². The molecule has 0 radical (unpaired) electrons. The molecule has 1 aliphatic heterocycles. The third-order valence-electron chi connectivity index (χ3n) is 9.00. The summed E-state index contributed by atoms with van der Waals surface area (Å²) in [6, 6.07) is 25.4. The summed E-state index contributed by atoms with van der Waals surface area (Å²) < 4.78 is 100. The fourth-order valence-electron chi connectivity index (χ4n) is 5.89. The van der Waals surface area contributed by atoms with Gasteiger partial charge in [-0.25, -0.2) is 14.6 Å². The molecule has 3 N–H and O–H groups in total. The lowest BCUT2D eigenvalue weighted by Crippen LogP contribution is -2.39. The second kappa shape index (κ2) is 20.1. The minimum absolute atomic E-state index is 0.0420. The lowest BCUT2D eigenvalue weighted by Gasteiger charge is -2.16. The van der Waals surface area contributed by atoms with E-state index in [9.17, 15) is 44.3 Å². The van der Waals surface area contributed by atoms with Crippen LogP contribution in [0.1, 0.15) is 36.7 Å². The number of urea groups is 1. The van der Waals surface area contributed by atoms with E-state index < -0.39 is 27.8 Å². The largest absolute Gasteiger partial charge is 0.534 e. The van der Waals surface area contributed by atoms with E-state index in [1.807, 2.05) is 21.5 Å². The number of nitrogens with one attached hydrogen (secondary N) is 1. The molecule has 0 spiro atoms. The van der Waals surface area contributed by atoms with Crippen molar-refractivity contribution in [3.8, 4) is 33.1 Å². The molecule has 1 saturated heterocycles. The number of halogens is 6. The summed E-state index contributed by atoms with van der Waals surface area (Å²) in [5.74, 6) is -2.72. The Morgan fingerprint density at radius 3 is 2.32 bits per heavy atom. The predicted molar refractivity (Wildman–Crippen MR) is 209 cm³/mol. The average molecular weight is 883 g/mol. The van der Waals surface area contributed by atoms with Crippen LogP contribution in [0.4, 0.5) is 31.1 Å². The van der Waals surface area contributed by atoms with Gasteiger partial charge in [0.15, 0.2) is 17.6 Å². The standard InChI is InChI=1S/C36H41N7O2S.C3F6O4S/c1-2-42-32(10-6-7-19-37)25-43(40-42)31-17-18-33(34(24-31)45-23-22-41-21-20-38-36(41)44)35-39-30(26-46-35)16-13-27-11-14-29(15-12-27)28-8-4-3-5-9-28;4-2(5,6)1(10)13-14(11,12)3(7,8)9/h3-5,8-9,11-12,14-15,17-18,24-26H,2,6-7,10,13,16,19-23,37H2,1H3;/p+1. The molecule has 2 aromatic heterocycles. The van der Waals surface area contributed by atoms with E-state index in [0.29, 0.717) is 32.8 Å². The number of thiazole rings is 1. The first-order valence-electron chi connectivity index (χ1n) is 18.7. The van der Waals surface area contributed by atoms with E-state index in [4.69, 9.17) is 20.7 Å². The number of aromatic nitrogens is 4. The Bertz CT molecular complexity index is 2320. The van der Waals surface area contributed by atoms with E-state index in [-0.39, 0.29) is 6.03 Å². The van der Waals surface area contributed by atoms with Crippen LogP contribution in [-0.2, 0) is 44.9 Å². The summed E-state index contributed by atoms with van der Waals surface area (Å²) >= 11 is 1.63. The molecule has 322 valence electrons. The first-order chi connectivity index (χ1) is 28.5. The maximum atomic E-state index is 12.1. The molecule has 1 aliphatic rings. The van der Waals surface area contributed by atoms with Gasteiger partial charge in [-0.1, -0.05) is 54.6 Å². The van der Waals surface area contributed by atoms with Gasteiger partial charge in [-0.05, 0) is 68.0 Å². The van der Waals surface area contributed by atoms with Gasteiger partial charge in [0.05, 0.1) is 23.0 Å². The highest BCUT2D eigenvalue weighted by Gasteiger charge is 2.54. The van der Waals surface area contributed by atoms with Gasteiger partial charge in [-0.3, -0.25) is 0 Å². The van der Waals surface area contributed by atoms with Crippen molar-refractivity contribution in [2.75, 3.05) is 32.8 Å². The third kappa shape index (κ3) is 12.3. The Kier molecular flexibility index (Phi) is 15.3. The van der Waals surface area contributed by atoms with Crippen molar-refractivity contribution in [2.24, 2.45) is 5.73 Å². The van der Waals surface area contributed by atoms with E-state index in [2.05, 4.69) is 88.7 Å². The SMILES string of the molecule is CC[n+]1nn(-c2ccc(-c3nc(CCc4ccc(-c5ccccc5)cc4)cs3)c(OCCN3CCNC3=O)c2)cc1CCCCN.O=C(OS(=O)(=O)C(F)(F)F)C(F)(F)F. The molecule has 13 nitrogen and oxygen atoms in total. The minimum atomic E-state index is -6.55. The normalized spacial score (nSPS) is 13.1. The molecule has 0 aliphatic carbocycles. The number of hydrogen-bond donors (Lipinski definition) is 2. The average Bonchev–Trinajstić information content (AvgIpc) is 3.97. The van der Waals surface area contributed by atoms with Crippen LogP contribution >= 0.6 is 11.3 Å². The molecule has 21 heteroatoms. The van der Waals surface area contributed by atoms with Gasteiger partial charge in [0.2, 0.25) is 0 Å². The van der Waals surface area contributed by atoms with Gasteiger partial charge < -0.3 is 24.9 Å². The summed E-state index contributed by atoms with van der Waals surface area (Å²) in [6.45, 7) is 5.87. The molecule has 1 fully saturated rings. The van der Waals surface area contributed by atoms with Gasteiger partial charge >= 0.3 is 33.8 Å². The van der Waals surface area contributed by atoms with Gasteiger partial charge in [0.1, 0.15) is 23.9 Å². The second-order valence-corrected chi connectivity index (χ2v) is 15.6. The molecule has 6 rings (SSSR count). The molecule has 0 unspecified atom stereocenters. The van der Waals surface area contributed by atoms with Crippen LogP contribution < -0.4 is 20.5 Å². The fraction of sp³-hybridized carbons (Fsp3) is 0.359. The summed E-state index contributed by atoms with van der Waals surface area (Å²) in [6.07, 6.45) is 1.03. The van der Waals surface area contributed by atoms with Gasteiger partial charge in [-0.2, -0.15) is 34.8 Å². The van der Waals surface area contributed by atoms with Crippen molar-refractivity contribution in [3.05, 3.63) is 101 Å². The van der Waals surface area contributed by atoms with Crippen LogP contribution in [0.15, 0.2) is 84.4 Å². The van der Waals surface area contributed by atoms with Crippen molar-refractivity contribution in [1.82, 2.24) is 25.1 Å². The zero-order valence-corrected chi connectivity index (χ0v) is 33.8. The Hall–Kier alpha value is -5.54. The number of benzene rings is 3. The lowest BCUT2D eigenvalue weighted by molar-refractivity contribution is -0.758. The van der Waals surface area contributed by atoms with Crippen LogP contribution in [0.2, 0.25) is 0 Å². The highest BCUT2D eigenvalue weighted by molar-refractivity contribution is 7.88. The fourth-order valence-corrected chi connectivity index (χ4v) is 7.16. The maximum Gasteiger partial charge on any atom is 0.534 e. The van der Waals surface area contributed by atoms with Gasteiger partial charge in [0, 0.05) is 31.0 Å². The number of nitrogens with two attached hydrogens (primary N) is 1. The van der Waals surface area contributed by atoms with Gasteiger partial charge in [-0.15, -0.1) is 20.7 Å². The van der Waals surface area contributed by atoms with Gasteiger partial charge in [0.25, 0.3) is 0 Å².